The highest BCUT2D eigenvalue weighted by Crippen LogP contribution is 2.11. The fourth-order valence-corrected chi connectivity index (χ4v) is 1.17. The van der Waals surface area contributed by atoms with Crippen molar-refractivity contribution in [1.82, 2.24) is 4.98 Å². The first-order valence-electron chi connectivity index (χ1n) is 4.88. The van der Waals surface area contributed by atoms with Gasteiger partial charge in [-0.05, 0) is 12.1 Å². The van der Waals surface area contributed by atoms with Gasteiger partial charge in [0.15, 0.2) is 0 Å². The second-order valence-electron chi connectivity index (χ2n) is 3.24. The molecule has 86 valence electrons. The summed E-state index contributed by atoms with van der Waals surface area (Å²) in [7, 11) is 2.95. The van der Waals surface area contributed by atoms with E-state index in [0.717, 1.165) is 0 Å². The van der Waals surface area contributed by atoms with Crippen molar-refractivity contribution in [2.45, 2.75) is 12.8 Å². The average Bonchev–Trinajstić information content (AvgIpc) is 2.35. The quantitative estimate of drug-likeness (QED) is 0.713. The van der Waals surface area contributed by atoms with E-state index in [9.17, 15) is 9.59 Å². The minimum atomic E-state index is -0.382. The summed E-state index contributed by atoms with van der Waals surface area (Å²) < 4.78 is 4.46. The van der Waals surface area contributed by atoms with E-state index in [1.165, 1.54) is 12.0 Å². The molecular formula is C11H14N2O3. The van der Waals surface area contributed by atoms with Crippen LogP contribution < -0.4 is 4.90 Å². The van der Waals surface area contributed by atoms with Crippen LogP contribution in [-0.4, -0.2) is 31.0 Å². The third-order valence-electron chi connectivity index (χ3n) is 2.18. The molecule has 0 atom stereocenters. The number of rotatable bonds is 4. The molecule has 16 heavy (non-hydrogen) atoms. The number of carbonyl (C=O) groups excluding carboxylic acids is 2. The third kappa shape index (κ3) is 3.34. The van der Waals surface area contributed by atoms with Gasteiger partial charge in [0, 0.05) is 19.7 Å². The van der Waals surface area contributed by atoms with Crippen molar-refractivity contribution in [3.8, 4) is 0 Å². The molecular weight excluding hydrogens is 208 g/mol. The maximum absolute atomic E-state index is 11.7. The largest absolute Gasteiger partial charge is 0.469 e. The van der Waals surface area contributed by atoms with Crippen molar-refractivity contribution in [2.24, 2.45) is 0 Å². The van der Waals surface area contributed by atoms with Gasteiger partial charge >= 0.3 is 5.97 Å². The van der Waals surface area contributed by atoms with Gasteiger partial charge in [-0.3, -0.25) is 14.6 Å². The Morgan fingerprint density at radius 1 is 1.44 bits per heavy atom. The van der Waals surface area contributed by atoms with E-state index in [0.29, 0.717) is 5.69 Å². The Morgan fingerprint density at radius 3 is 2.75 bits per heavy atom. The molecule has 0 aliphatic carbocycles. The highest BCUT2D eigenvalue weighted by atomic mass is 16.5. The van der Waals surface area contributed by atoms with Crippen molar-refractivity contribution in [2.75, 3.05) is 19.1 Å². The lowest BCUT2D eigenvalue weighted by Gasteiger charge is -2.16. The minimum Gasteiger partial charge on any atom is -0.469 e. The number of carbonyl (C=O) groups is 2. The minimum absolute atomic E-state index is 0.0972. The first kappa shape index (κ1) is 12.2. The van der Waals surface area contributed by atoms with Gasteiger partial charge < -0.3 is 9.64 Å². The SMILES string of the molecule is COC(=O)CCC(=O)N(C)c1cccnc1. The Morgan fingerprint density at radius 2 is 2.19 bits per heavy atom. The molecule has 0 bridgehead atoms. The van der Waals surface area contributed by atoms with Crippen LogP contribution in [0.5, 0.6) is 0 Å². The molecule has 0 saturated heterocycles. The topological polar surface area (TPSA) is 59.5 Å². The van der Waals surface area contributed by atoms with Gasteiger partial charge in [-0.15, -0.1) is 0 Å². The second-order valence-corrected chi connectivity index (χ2v) is 3.24. The highest BCUT2D eigenvalue weighted by Gasteiger charge is 2.12. The van der Waals surface area contributed by atoms with Crippen LogP contribution in [0.15, 0.2) is 24.5 Å². The molecule has 0 unspecified atom stereocenters. The van der Waals surface area contributed by atoms with Gasteiger partial charge in [-0.2, -0.15) is 0 Å². The van der Waals surface area contributed by atoms with Crippen molar-refractivity contribution in [3.63, 3.8) is 0 Å². The Balaban J connectivity index is 2.52. The van der Waals surface area contributed by atoms with Crippen molar-refractivity contribution in [1.29, 1.82) is 0 Å². The van der Waals surface area contributed by atoms with E-state index >= 15 is 0 Å². The molecule has 0 fully saturated rings. The fourth-order valence-electron chi connectivity index (χ4n) is 1.17. The van der Waals surface area contributed by atoms with Crippen LogP contribution in [0.25, 0.3) is 0 Å². The number of aromatic nitrogens is 1. The Bertz CT molecular complexity index is 365. The number of hydrogen-bond donors (Lipinski definition) is 0. The second kappa shape index (κ2) is 5.85. The number of amides is 1. The molecule has 1 rings (SSSR count). The van der Waals surface area contributed by atoms with E-state index < -0.39 is 0 Å². The predicted octanol–water partition coefficient (Wildman–Crippen LogP) is 0.998. The Hall–Kier alpha value is -1.91. The molecule has 1 heterocycles. The molecule has 0 radical (unpaired) electrons. The lowest BCUT2D eigenvalue weighted by molar-refractivity contribution is -0.141. The zero-order valence-electron chi connectivity index (χ0n) is 9.34. The molecule has 5 heteroatoms. The van der Waals surface area contributed by atoms with Crippen LogP contribution in [0.1, 0.15) is 12.8 Å². The molecule has 0 aromatic carbocycles. The van der Waals surface area contributed by atoms with E-state index in [-0.39, 0.29) is 24.7 Å². The smallest absolute Gasteiger partial charge is 0.306 e. The lowest BCUT2D eigenvalue weighted by Crippen LogP contribution is -2.26. The van der Waals surface area contributed by atoms with Crippen LogP contribution in [0.4, 0.5) is 5.69 Å². The van der Waals surface area contributed by atoms with Crippen molar-refractivity contribution >= 4 is 17.6 Å². The zero-order chi connectivity index (χ0) is 12.0. The summed E-state index contributed by atoms with van der Waals surface area (Å²) >= 11 is 0. The third-order valence-corrected chi connectivity index (χ3v) is 2.18. The summed E-state index contributed by atoms with van der Waals surface area (Å²) in [6.45, 7) is 0. The Kier molecular flexibility index (Phi) is 4.44. The zero-order valence-corrected chi connectivity index (χ0v) is 9.34. The maximum atomic E-state index is 11.7. The standard InChI is InChI=1S/C11H14N2O3/c1-13(9-4-3-7-12-8-9)10(14)5-6-11(15)16-2/h3-4,7-8H,5-6H2,1-2H3. The van der Waals surface area contributed by atoms with E-state index in [2.05, 4.69) is 9.72 Å². The molecule has 0 spiro atoms. The first-order valence-corrected chi connectivity index (χ1v) is 4.88. The van der Waals surface area contributed by atoms with Gasteiger partial charge in [0.2, 0.25) is 5.91 Å². The molecule has 0 saturated carbocycles. The summed E-state index contributed by atoms with van der Waals surface area (Å²) in [5.41, 5.74) is 0.706. The molecule has 0 aliphatic heterocycles. The Labute approximate surface area is 94.0 Å². The van der Waals surface area contributed by atoms with Gasteiger partial charge in [0.05, 0.1) is 25.4 Å². The van der Waals surface area contributed by atoms with Crippen LogP contribution in [0, 0.1) is 0 Å². The normalized spacial score (nSPS) is 9.62. The number of ether oxygens (including phenoxy) is 1. The molecule has 0 N–H and O–H groups in total. The van der Waals surface area contributed by atoms with Gasteiger partial charge in [-0.1, -0.05) is 0 Å². The number of anilines is 1. The van der Waals surface area contributed by atoms with E-state index in [1.807, 2.05) is 0 Å². The molecule has 5 nitrogen and oxygen atoms in total. The lowest BCUT2D eigenvalue weighted by atomic mass is 10.2. The van der Waals surface area contributed by atoms with Crippen molar-refractivity contribution < 1.29 is 14.3 Å². The number of methoxy groups -OCH3 is 1. The van der Waals surface area contributed by atoms with Crippen LogP contribution in [0.2, 0.25) is 0 Å². The number of nitrogens with zero attached hydrogens (tertiary/aromatic N) is 2. The first-order chi connectivity index (χ1) is 7.65. The van der Waals surface area contributed by atoms with Crippen LogP contribution in [-0.2, 0) is 14.3 Å². The highest BCUT2D eigenvalue weighted by molar-refractivity contribution is 5.94. The molecule has 1 aromatic heterocycles. The summed E-state index contributed by atoms with van der Waals surface area (Å²) in [6, 6.07) is 3.53. The van der Waals surface area contributed by atoms with Crippen LogP contribution >= 0.6 is 0 Å². The molecule has 1 amide bonds. The fraction of sp³-hybridized carbons (Fsp3) is 0.364. The molecule has 0 aliphatic rings. The summed E-state index contributed by atoms with van der Waals surface area (Å²) in [5, 5.41) is 0. The van der Waals surface area contributed by atoms with Gasteiger partial charge in [-0.25, -0.2) is 0 Å². The van der Waals surface area contributed by atoms with Crippen molar-refractivity contribution in [3.05, 3.63) is 24.5 Å². The predicted molar refractivity (Wildman–Crippen MR) is 58.9 cm³/mol. The number of pyridine rings is 1. The van der Waals surface area contributed by atoms with Crippen LogP contribution in [0.3, 0.4) is 0 Å². The monoisotopic (exact) mass is 222 g/mol. The summed E-state index contributed by atoms with van der Waals surface area (Å²) in [4.78, 5) is 27.9. The number of hydrogen-bond acceptors (Lipinski definition) is 4. The summed E-state index contributed by atoms with van der Waals surface area (Å²) in [5.74, 6) is -0.522. The maximum Gasteiger partial charge on any atom is 0.306 e. The average molecular weight is 222 g/mol. The van der Waals surface area contributed by atoms with Gasteiger partial charge in [0.1, 0.15) is 0 Å². The van der Waals surface area contributed by atoms with E-state index in [1.54, 1.807) is 31.6 Å². The number of esters is 1. The summed E-state index contributed by atoms with van der Waals surface area (Å²) in [6.07, 6.45) is 3.46. The van der Waals surface area contributed by atoms with E-state index in [4.69, 9.17) is 0 Å². The van der Waals surface area contributed by atoms with Gasteiger partial charge in [0.25, 0.3) is 0 Å². The molecule has 1 aromatic rings.